The maximum atomic E-state index is 4.47. The second-order valence-electron chi connectivity index (χ2n) is 5.32. The van der Waals surface area contributed by atoms with Crippen LogP contribution in [0.1, 0.15) is 5.56 Å². The molecule has 1 aromatic carbocycles. The van der Waals surface area contributed by atoms with Crippen LogP contribution in [0.4, 0.5) is 0 Å². The van der Waals surface area contributed by atoms with Crippen LogP contribution in [0.15, 0.2) is 67.5 Å². The molecule has 0 radical (unpaired) electrons. The topological polar surface area (TPSA) is 53.5 Å². The van der Waals surface area contributed by atoms with Crippen molar-refractivity contribution in [1.82, 2.24) is 28.9 Å². The Morgan fingerprint density at radius 3 is 2.48 bits per heavy atom. The second-order valence-corrected chi connectivity index (χ2v) is 5.32. The van der Waals surface area contributed by atoms with Crippen LogP contribution in [0, 0.1) is 0 Å². The lowest BCUT2D eigenvalue weighted by molar-refractivity contribution is 0.768. The van der Waals surface area contributed by atoms with Crippen LogP contribution in [-0.4, -0.2) is 28.9 Å². The van der Waals surface area contributed by atoms with Gasteiger partial charge in [-0.3, -0.25) is 0 Å². The highest BCUT2D eigenvalue weighted by Crippen LogP contribution is 2.19. The van der Waals surface area contributed by atoms with Crippen molar-refractivity contribution >= 4 is 0 Å². The van der Waals surface area contributed by atoms with E-state index in [0.717, 1.165) is 17.3 Å². The van der Waals surface area contributed by atoms with Gasteiger partial charge in [0.25, 0.3) is 0 Å². The van der Waals surface area contributed by atoms with Crippen molar-refractivity contribution in [1.29, 1.82) is 0 Å². The summed E-state index contributed by atoms with van der Waals surface area (Å²) in [4.78, 5) is 8.86. The van der Waals surface area contributed by atoms with E-state index in [1.165, 1.54) is 5.56 Å². The summed E-state index contributed by atoms with van der Waals surface area (Å²) in [5, 5.41) is 4.34. The molecular formula is C17H16N6. The predicted molar refractivity (Wildman–Crippen MR) is 87.1 cm³/mol. The molecule has 3 aromatic heterocycles. The molecule has 23 heavy (non-hydrogen) atoms. The molecule has 4 aromatic rings. The van der Waals surface area contributed by atoms with Gasteiger partial charge < -0.3 is 9.13 Å². The number of imidazole rings is 2. The molecule has 0 fully saturated rings. The number of nitrogens with zero attached hydrogens (tertiary/aromatic N) is 6. The third-order valence-electron chi connectivity index (χ3n) is 3.82. The van der Waals surface area contributed by atoms with Crippen LogP contribution in [0.25, 0.3) is 17.3 Å². The molecule has 4 rings (SSSR count). The molecule has 0 amide bonds. The van der Waals surface area contributed by atoms with Gasteiger partial charge in [-0.25, -0.2) is 14.6 Å². The van der Waals surface area contributed by atoms with Gasteiger partial charge in [0.05, 0.1) is 12.2 Å². The minimum Gasteiger partial charge on any atom is -0.331 e. The van der Waals surface area contributed by atoms with Crippen LogP contribution in [0.2, 0.25) is 0 Å². The quantitative estimate of drug-likeness (QED) is 0.582. The minimum atomic E-state index is 0.707. The summed E-state index contributed by atoms with van der Waals surface area (Å²) in [6, 6.07) is 10.2. The fourth-order valence-corrected chi connectivity index (χ4v) is 2.69. The Hall–Kier alpha value is -3.15. The van der Waals surface area contributed by atoms with Crippen molar-refractivity contribution in [3.05, 3.63) is 73.1 Å². The average molecular weight is 304 g/mol. The molecular weight excluding hydrogens is 288 g/mol. The van der Waals surface area contributed by atoms with E-state index in [1.54, 1.807) is 18.6 Å². The molecule has 0 aliphatic rings. The summed E-state index contributed by atoms with van der Waals surface area (Å²) in [6.45, 7) is 0.707. The number of aromatic nitrogens is 6. The molecule has 0 aliphatic carbocycles. The van der Waals surface area contributed by atoms with Crippen LogP contribution >= 0.6 is 0 Å². The van der Waals surface area contributed by atoms with Crippen LogP contribution < -0.4 is 0 Å². The highest BCUT2D eigenvalue weighted by molar-refractivity contribution is 5.46. The number of para-hydroxylation sites is 1. The molecule has 114 valence electrons. The summed E-state index contributed by atoms with van der Waals surface area (Å²) < 4.78 is 5.95. The molecule has 0 N–H and O–H groups in total. The summed E-state index contributed by atoms with van der Waals surface area (Å²) in [5.74, 6) is 1.71. The molecule has 6 nitrogen and oxygen atoms in total. The molecule has 0 spiro atoms. The molecule has 6 heteroatoms. The first-order valence-electron chi connectivity index (χ1n) is 7.39. The number of hydrogen-bond donors (Lipinski definition) is 0. The van der Waals surface area contributed by atoms with E-state index in [4.69, 9.17) is 0 Å². The lowest BCUT2D eigenvalue weighted by atomic mass is 10.1. The molecule has 0 bridgehead atoms. The van der Waals surface area contributed by atoms with Crippen molar-refractivity contribution in [3.63, 3.8) is 0 Å². The SMILES string of the molecule is Cn1ccnc1-c1nccn1Cc1ccccc1-n1cccn1. The normalized spacial score (nSPS) is 11.0. The first-order chi connectivity index (χ1) is 11.3. The summed E-state index contributed by atoms with van der Waals surface area (Å²) >= 11 is 0. The van der Waals surface area contributed by atoms with Gasteiger partial charge in [0.2, 0.25) is 0 Å². The molecule has 0 saturated heterocycles. The van der Waals surface area contributed by atoms with Crippen molar-refractivity contribution < 1.29 is 0 Å². The Kier molecular flexibility index (Phi) is 3.27. The fraction of sp³-hybridized carbons (Fsp3) is 0.118. The van der Waals surface area contributed by atoms with E-state index in [1.807, 2.05) is 53.1 Å². The molecule has 0 unspecified atom stereocenters. The number of rotatable bonds is 4. The second kappa shape index (κ2) is 5.57. The molecule has 3 heterocycles. The molecule has 0 atom stereocenters. The average Bonchev–Trinajstić information content (AvgIpc) is 3.29. The van der Waals surface area contributed by atoms with Gasteiger partial charge in [0.1, 0.15) is 0 Å². The van der Waals surface area contributed by atoms with E-state index in [2.05, 4.69) is 31.8 Å². The van der Waals surface area contributed by atoms with E-state index < -0.39 is 0 Å². The lowest BCUT2D eigenvalue weighted by Crippen LogP contribution is -2.07. The zero-order chi connectivity index (χ0) is 15.6. The maximum absolute atomic E-state index is 4.47. The Morgan fingerprint density at radius 2 is 1.70 bits per heavy atom. The smallest absolute Gasteiger partial charge is 0.176 e. The van der Waals surface area contributed by atoms with Crippen molar-refractivity contribution in [2.24, 2.45) is 7.05 Å². The van der Waals surface area contributed by atoms with E-state index in [-0.39, 0.29) is 0 Å². The highest BCUT2D eigenvalue weighted by Gasteiger charge is 2.12. The largest absolute Gasteiger partial charge is 0.331 e. The first-order valence-corrected chi connectivity index (χ1v) is 7.39. The Bertz CT molecular complexity index is 916. The number of aryl methyl sites for hydroxylation is 1. The monoisotopic (exact) mass is 304 g/mol. The van der Waals surface area contributed by atoms with E-state index in [9.17, 15) is 0 Å². The fourth-order valence-electron chi connectivity index (χ4n) is 2.69. The number of hydrogen-bond acceptors (Lipinski definition) is 3. The minimum absolute atomic E-state index is 0.707. The summed E-state index contributed by atoms with van der Waals surface area (Å²) in [6.07, 6.45) is 11.2. The van der Waals surface area contributed by atoms with Crippen LogP contribution in [-0.2, 0) is 13.6 Å². The summed E-state index contributed by atoms with van der Waals surface area (Å²) in [7, 11) is 1.97. The van der Waals surface area contributed by atoms with Gasteiger partial charge in [0.15, 0.2) is 11.6 Å². The Balaban J connectivity index is 1.74. The standard InChI is InChI=1S/C17H16N6/c1-21-11-8-18-16(21)17-19-9-12-22(17)13-14-5-2-3-6-15(14)23-10-4-7-20-23/h2-12H,13H2,1H3. The van der Waals surface area contributed by atoms with Gasteiger partial charge in [-0.15, -0.1) is 0 Å². The first kappa shape index (κ1) is 13.5. The zero-order valence-electron chi connectivity index (χ0n) is 12.7. The molecule has 0 saturated carbocycles. The van der Waals surface area contributed by atoms with Gasteiger partial charge in [-0.2, -0.15) is 5.10 Å². The predicted octanol–water partition coefficient (Wildman–Crippen LogP) is 2.52. The third kappa shape index (κ3) is 2.44. The maximum Gasteiger partial charge on any atom is 0.176 e. The van der Waals surface area contributed by atoms with Gasteiger partial charge >= 0.3 is 0 Å². The number of benzene rings is 1. The van der Waals surface area contributed by atoms with E-state index >= 15 is 0 Å². The van der Waals surface area contributed by atoms with Crippen molar-refractivity contribution in [2.75, 3.05) is 0 Å². The molecule has 0 aliphatic heterocycles. The Labute approximate surface area is 133 Å². The van der Waals surface area contributed by atoms with E-state index in [0.29, 0.717) is 6.54 Å². The third-order valence-corrected chi connectivity index (χ3v) is 3.82. The van der Waals surface area contributed by atoms with Crippen LogP contribution in [0.5, 0.6) is 0 Å². The lowest BCUT2D eigenvalue weighted by Gasteiger charge is -2.12. The zero-order valence-corrected chi connectivity index (χ0v) is 12.7. The van der Waals surface area contributed by atoms with Gasteiger partial charge in [0, 0.05) is 44.2 Å². The van der Waals surface area contributed by atoms with Gasteiger partial charge in [-0.1, -0.05) is 18.2 Å². The summed E-state index contributed by atoms with van der Waals surface area (Å²) in [5.41, 5.74) is 2.24. The van der Waals surface area contributed by atoms with Crippen LogP contribution in [0.3, 0.4) is 0 Å². The highest BCUT2D eigenvalue weighted by atomic mass is 15.3. The van der Waals surface area contributed by atoms with Crippen molar-refractivity contribution in [2.45, 2.75) is 6.54 Å². The van der Waals surface area contributed by atoms with Crippen molar-refractivity contribution in [3.8, 4) is 17.3 Å². The Morgan fingerprint density at radius 1 is 0.870 bits per heavy atom. The van der Waals surface area contributed by atoms with Gasteiger partial charge in [-0.05, 0) is 17.7 Å².